The van der Waals surface area contributed by atoms with Gasteiger partial charge >= 0.3 is 0 Å². The molecule has 20 heavy (non-hydrogen) atoms. The van der Waals surface area contributed by atoms with Crippen LogP contribution in [0.15, 0.2) is 36.7 Å². The SMILES string of the molecule is N#Cc1nccnc1NCC1NCCc2ccccc21. The van der Waals surface area contributed by atoms with Gasteiger partial charge in [-0.1, -0.05) is 24.3 Å². The number of hydrogen-bond acceptors (Lipinski definition) is 5. The fourth-order valence-corrected chi connectivity index (χ4v) is 2.52. The molecule has 1 aromatic carbocycles. The molecule has 2 heterocycles. The van der Waals surface area contributed by atoms with Crippen molar-refractivity contribution in [1.82, 2.24) is 15.3 Å². The summed E-state index contributed by atoms with van der Waals surface area (Å²) in [6, 6.07) is 10.7. The standard InChI is InChI=1S/C15H15N5/c16-9-13-15(19-8-7-18-13)20-10-14-12-4-2-1-3-11(12)5-6-17-14/h1-4,7-8,14,17H,5-6,10H2,(H,19,20). The molecule has 100 valence electrons. The van der Waals surface area contributed by atoms with Crippen LogP contribution in [-0.2, 0) is 6.42 Å². The topological polar surface area (TPSA) is 73.6 Å². The third kappa shape index (κ3) is 2.46. The van der Waals surface area contributed by atoms with Gasteiger partial charge in [0.1, 0.15) is 6.07 Å². The molecule has 2 N–H and O–H groups in total. The van der Waals surface area contributed by atoms with E-state index in [1.165, 1.54) is 17.3 Å². The van der Waals surface area contributed by atoms with Crippen molar-refractivity contribution in [3.63, 3.8) is 0 Å². The molecule has 1 aliphatic rings. The molecule has 2 aromatic rings. The molecule has 0 bridgehead atoms. The van der Waals surface area contributed by atoms with Gasteiger partial charge in [0.15, 0.2) is 11.5 Å². The number of hydrogen-bond donors (Lipinski definition) is 2. The minimum absolute atomic E-state index is 0.230. The van der Waals surface area contributed by atoms with E-state index in [1.54, 1.807) is 6.20 Å². The molecule has 0 amide bonds. The van der Waals surface area contributed by atoms with E-state index in [0.29, 0.717) is 18.1 Å². The van der Waals surface area contributed by atoms with E-state index in [4.69, 9.17) is 5.26 Å². The van der Waals surface area contributed by atoms with Gasteiger partial charge in [-0.2, -0.15) is 5.26 Å². The van der Waals surface area contributed by atoms with Crippen molar-refractivity contribution in [2.75, 3.05) is 18.4 Å². The zero-order chi connectivity index (χ0) is 13.8. The molecular formula is C15H15N5. The summed E-state index contributed by atoms with van der Waals surface area (Å²) in [6.07, 6.45) is 4.17. The highest BCUT2D eigenvalue weighted by molar-refractivity contribution is 5.47. The van der Waals surface area contributed by atoms with E-state index in [9.17, 15) is 0 Å². The van der Waals surface area contributed by atoms with E-state index in [0.717, 1.165) is 13.0 Å². The first kappa shape index (κ1) is 12.6. The largest absolute Gasteiger partial charge is 0.366 e. The maximum absolute atomic E-state index is 9.01. The van der Waals surface area contributed by atoms with Gasteiger partial charge in [-0.05, 0) is 24.1 Å². The molecule has 5 heteroatoms. The number of benzene rings is 1. The van der Waals surface area contributed by atoms with E-state index in [1.807, 2.05) is 6.07 Å². The van der Waals surface area contributed by atoms with Gasteiger partial charge in [-0.15, -0.1) is 0 Å². The second-order valence-corrected chi connectivity index (χ2v) is 4.70. The third-order valence-corrected chi connectivity index (χ3v) is 3.49. The van der Waals surface area contributed by atoms with Crippen molar-refractivity contribution in [3.8, 4) is 6.07 Å². The molecule has 1 atom stereocenters. The van der Waals surface area contributed by atoms with Crippen molar-refractivity contribution in [2.45, 2.75) is 12.5 Å². The summed E-state index contributed by atoms with van der Waals surface area (Å²) >= 11 is 0. The number of aromatic nitrogens is 2. The lowest BCUT2D eigenvalue weighted by Gasteiger charge is -2.27. The highest BCUT2D eigenvalue weighted by atomic mass is 15.1. The van der Waals surface area contributed by atoms with Crippen LogP contribution >= 0.6 is 0 Å². The minimum atomic E-state index is 0.230. The Kier molecular flexibility index (Phi) is 3.57. The van der Waals surface area contributed by atoms with E-state index in [-0.39, 0.29) is 6.04 Å². The molecule has 1 unspecified atom stereocenters. The first-order chi connectivity index (χ1) is 9.88. The summed E-state index contributed by atoms with van der Waals surface area (Å²) in [5.41, 5.74) is 3.03. The van der Waals surface area contributed by atoms with Crippen LogP contribution in [0.3, 0.4) is 0 Å². The van der Waals surface area contributed by atoms with Crippen molar-refractivity contribution < 1.29 is 0 Å². The second kappa shape index (κ2) is 5.68. The summed E-state index contributed by atoms with van der Waals surface area (Å²) in [4.78, 5) is 8.16. The number of rotatable bonds is 3. The summed E-state index contributed by atoms with van der Waals surface area (Å²) < 4.78 is 0. The number of nitriles is 1. The summed E-state index contributed by atoms with van der Waals surface area (Å²) in [6.45, 7) is 1.65. The smallest absolute Gasteiger partial charge is 0.182 e. The average molecular weight is 265 g/mol. The van der Waals surface area contributed by atoms with Crippen LogP contribution in [0.25, 0.3) is 0 Å². The normalized spacial score (nSPS) is 17.1. The predicted octanol–water partition coefficient (Wildman–Crippen LogP) is 1.65. The Bertz CT molecular complexity index is 647. The Morgan fingerprint density at radius 3 is 3.05 bits per heavy atom. The van der Waals surface area contributed by atoms with Crippen LogP contribution in [0, 0.1) is 11.3 Å². The first-order valence-electron chi connectivity index (χ1n) is 6.64. The van der Waals surface area contributed by atoms with Gasteiger partial charge < -0.3 is 10.6 Å². The van der Waals surface area contributed by atoms with Crippen LogP contribution in [0.4, 0.5) is 5.82 Å². The van der Waals surface area contributed by atoms with Crippen LogP contribution in [-0.4, -0.2) is 23.1 Å². The highest BCUT2D eigenvalue weighted by Crippen LogP contribution is 2.23. The van der Waals surface area contributed by atoms with Gasteiger partial charge in [-0.3, -0.25) is 0 Å². The fourth-order valence-electron chi connectivity index (χ4n) is 2.52. The molecule has 0 spiro atoms. The second-order valence-electron chi connectivity index (χ2n) is 4.70. The number of anilines is 1. The minimum Gasteiger partial charge on any atom is -0.366 e. The lowest BCUT2D eigenvalue weighted by Crippen LogP contribution is -2.34. The molecule has 0 saturated heterocycles. The molecule has 0 saturated carbocycles. The van der Waals surface area contributed by atoms with Crippen LogP contribution in [0.2, 0.25) is 0 Å². The number of fused-ring (bicyclic) bond motifs is 1. The Morgan fingerprint density at radius 1 is 1.30 bits per heavy atom. The monoisotopic (exact) mass is 265 g/mol. The molecule has 1 aromatic heterocycles. The Morgan fingerprint density at radius 2 is 2.15 bits per heavy atom. The fraction of sp³-hybridized carbons (Fsp3) is 0.267. The van der Waals surface area contributed by atoms with Crippen molar-refractivity contribution in [1.29, 1.82) is 5.26 Å². The average Bonchev–Trinajstić information content (AvgIpc) is 2.53. The Balaban J connectivity index is 1.75. The molecule has 0 aliphatic carbocycles. The van der Waals surface area contributed by atoms with Crippen LogP contribution in [0.1, 0.15) is 22.9 Å². The maximum Gasteiger partial charge on any atom is 0.182 e. The van der Waals surface area contributed by atoms with Gasteiger partial charge in [-0.25, -0.2) is 9.97 Å². The van der Waals surface area contributed by atoms with E-state index in [2.05, 4.69) is 44.9 Å². The van der Waals surface area contributed by atoms with Gasteiger partial charge in [0.05, 0.1) is 0 Å². The summed E-state index contributed by atoms with van der Waals surface area (Å²) in [5, 5.41) is 15.7. The molecular weight excluding hydrogens is 250 g/mol. The van der Waals surface area contributed by atoms with E-state index < -0.39 is 0 Å². The summed E-state index contributed by atoms with van der Waals surface area (Å²) in [7, 11) is 0. The third-order valence-electron chi connectivity index (χ3n) is 3.49. The van der Waals surface area contributed by atoms with Gasteiger partial charge in [0.25, 0.3) is 0 Å². The molecule has 0 radical (unpaired) electrons. The molecule has 5 nitrogen and oxygen atoms in total. The lowest BCUT2D eigenvalue weighted by molar-refractivity contribution is 0.523. The van der Waals surface area contributed by atoms with Gasteiger partial charge in [0.2, 0.25) is 0 Å². The zero-order valence-corrected chi connectivity index (χ0v) is 11.0. The lowest BCUT2D eigenvalue weighted by atomic mass is 9.94. The van der Waals surface area contributed by atoms with Crippen LogP contribution in [0.5, 0.6) is 0 Å². The number of nitrogens with one attached hydrogen (secondary N) is 2. The maximum atomic E-state index is 9.01. The van der Waals surface area contributed by atoms with E-state index >= 15 is 0 Å². The quantitative estimate of drug-likeness (QED) is 0.882. The van der Waals surface area contributed by atoms with Crippen molar-refractivity contribution in [2.24, 2.45) is 0 Å². The molecule has 0 fully saturated rings. The predicted molar refractivity (Wildman–Crippen MR) is 76.1 cm³/mol. The van der Waals surface area contributed by atoms with Gasteiger partial charge in [0, 0.05) is 25.0 Å². The van der Waals surface area contributed by atoms with Crippen molar-refractivity contribution in [3.05, 3.63) is 53.5 Å². The molecule has 1 aliphatic heterocycles. The summed E-state index contributed by atoms with van der Waals surface area (Å²) in [5.74, 6) is 0.542. The molecule has 3 rings (SSSR count). The first-order valence-corrected chi connectivity index (χ1v) is 6.64. The number of nitrogens with zero attached hydrogens (tertiary/aromatic N) is 3. The van der Waals surface area contributed by atoms with Crippen molar-refractivity contribution >= 4 is 5.82 Å². The Labute approximate surface area is 117 Å². The van der Waals surface area contributed by atoms with Crippen LogP contribution < -0.4 is 10.6 Å². The highest BCUT2D eigenvalue weighted by Gasteiger charge is 2.19. The zero-order valence-electron chi connectivity index (χ0n) is 11.0. The Hall–Kier alpha value is -2.45.